The average molecular weight is 562 g/mol. The van der Waals surface area contributed by atoms with Crippen LogP contribution in [0.5, 0.6) is 0 Å². The number of carbonyl (C=O) groups excluding carboxylic acids is 1. The van der Waals surface area contributed by atoms with E-state index in [1.165, 1.54) is 11.3 Å². The quantitative estimate of drug-likeness (QED) is 0.404. The Morgan fingerprint density at radius 3 is 2.74 bits per heavy atom. The third kappa shape index (κ3) is 4.56. The van der Waals surface area contributed by atoms with Crippen LogP contribution < -0.4 is 10.2 Å². The van der Waals surface area contributed by atoms with E-state index in [1.807, 2.05) is 6.07 Å². The predicted octanol–water partition coefficient (Wildman–Crippen LogP) is 6.34. The molecule has 202 valence electrons. The van der Waals surface area contributed by atoms with Gasteiger partial charge < -0.3 is 19.9 Å². The normalized spacial score (nSPS) is 18.0. The van der Waals surface area contributed by atoms with Crippen molar-refractivity contribution >= 4 is 40.5 Å². The average Bonchev–Trinajstić information content (AvgIpc) is 3.55. The monoisotopic (exact) mass is 561 g/mol. The minimum Gasteiger partial charge on any atom is -0.381 e. The summed E-state index contributed by atoms with van der Waals surface area (Å²) in [5.41, 5.74) is 4.48. The van der Waals surface area contributed by atoms with Gasteiger partial charge in [-0.25, -0.2) is 13.6 Å². The Bertz CT molecular complexity index is 1350. The topological polar surface area (TPSA) is 62.6 Å². The first-order valence-electron chi connectivity index (χ1n) is 13.1. The van der Waals surface area contributed by atoms with Crippen molar-refractivity contribution in [2.75, 3.05) is 38.3 Å². The molecule has 3 aliphatic rings. The van der Waals surface area contributed by atoms with Crippen molar-refractivity contribution < 1.29 is 18.3 Å². The first kappa shape index (κ1) is 25.6. The highest BCUT2D eigenvalue weighted by molar-refractivity contribution is 7.19. The number of nitrogens with zero attached hydrogens (tertiary/aromatic N) is 4. The van der Waals surface area contributed by atoms with Gasteiger partial charge in [-0.15, -0.1) is 11.3 Å². The lowest BCUT2D eigenvalue weighted by Gasteiger charge is -2.33. The summed E-state index contributed by atoms with van der Waals surface area (Å²) in [7, 11) is 1.63. The molecule has 0 bridgehead atoms. The van der Waals surface area contributed by atoms with Crippen molar-refractivity contribution in [1.29, 1.82) is 0 Å². The van der Waals surface area contributed by atoms with Gasteiger partial charge in [0.2, 0.25) is 0 Å². The van der Waals surface area contributed by atoms with Gasteiger partial charge in [-0.2, -0.15) is 5.10 Å². The van der Waals surface area contributed by atoms with Gasteiger partial charge in [0.1, 0.15) is 0 Å². The molecule has 2 aromatic heterocycles. The fourth-order valence-electron chi connectivity index (χ4n) is 5.93. The lowest BCUT2D eigenvalue weighted by Crippen LogP contribution is -2.42. The second-order valence-corrected chi connectivity index (χ2v) is 11.7. The Morgan fingerprint density at radius 2 is 2.03 bits per heavy atom. The van der Waals surface area contributed by atoms with Gasteiger partial charge in [0.05, 0.1) is 16.9 Å². The minimum atomic E-state index is -2.63. The summed E-state index contributed by atoms with van der Waals surface area (Å²) in [6, 6.07) is 7.20. The number of anilines is 2. The molecule has 38 heavy (non-hydrogen) atoms. The molecule has 1 aromatic carbocycles. The number of nitrogens with one attached hydrogen (secondary N) is 1. The van der Waals surface area contributed by atoms with Crippen molar-refractivity contribution in [2.45, 2.75) is 51.1 Å². The number of halogens is 3. The number of hydrogen-bond acceptors (Lipinski definition) is 5. The lowest BCUT2D eigenvalue weighted by molar-refractivity contribution is 0.0651. The van der Waals surface area contributed by atoms with E-state index in [-0.39, 0.29) is 17.6 Å². The fraction of sp³-hybridized carbons (Fsp3) is 0.481. The maximum atomic E-state index is 14.4. The molecular formula is C27H30ClF2N5O2S. The van der Waals surface area contributed by atoms with E-state index in [0.29, 0.717) is 49.2 Å². The molecular weight excluding hydrogens is 532 g/mol. The zero-order valence-corrected chi connectivity index (χ0v) is 22.8. The van der Waals surface area contributed by atoms with Crippen molar-refractivity contribution in [2.24, 2.45) is 0 Å². The van der Waals surface area contributed by atoms with E-state index < -0.39 is 6.43 Å². The second-order valence-electron chi connectivity index (χ2n) is 9.99. The van der Waals surface area contributed by atoms with Gasteiger partial charge >= 0.3 is 6.03 Å². The first-order valence-corrected chi connectivity index (χ1v) is 14.3. The van der Waals surface area contributed by atoms with Gasteiger partial charge in [-0.1, -0.05) is 11.6 Å². The Kier molecular flexibility index (Phi) is 7.05. The molecule has 0 aliphatic carbocycles. The first-order chi connectivity index (χ1) is 18.4. The number of rotatable bonds is 4. The van der Waals surface area contributed by atoms with Crippen LogP contribution in [-0.2, 0) is 24.1 Å². The highest BCUT2D eigenvalue weighted by Gasteiger charge is 2.34. The van der Waals surface area contributed by atoms with Crippen LogP contribution in [0.15, 0.2) is 24.3 Å². The van der Waals surface area contributed by atoms with E-state index in [2.05, 4.69) is 14.9 Å². The van der Waals surface area contributed by atoms with E-state index in [1.54, 1.807) is 30.1 Å². The number of ether oxygens (including phenoxy) is 1. The van der Waals surface area contributed by atoms with Crippen LogP contribution in [0.25, 0.3) is 10.4 Å². The number of benzene rings is 1. The maximum Gasteiger partial charge on any atom is 0.317 e. The van der Waals surface area contributed by atoms with Crippen molar-refractivity contribution in [3.8, 4) is 10.4 Å². The molecule has 1 N–H and O–H groups in total. The van der Waals surface area contributed by atoms with Gasteiger partial charge in [-0.3, -0.25) is 4.68 Å². The van der Waals surface area contributed by atoms with Crippen LogP contribution in [0.2, 0.25) is 4.34 Å². The highest BCUT2D eigenvalue weighted by atomic mass is 35.5. The largest absolute Gasteiger partial charge is 0.381 e. The number of carbonyl (C=O) groups is 1. The van der Waals surface area contributed by atoms with Crippen LogP contribution in [0, 0.1) is 0 Å². The molecule has 0 unspecified atom stereocenters. The number of fused-ring (bicyclic) bond motifs is 2. The van der Waals surface area contributed by atoms with Crippen LogP contribution >= 0.6 is 22.9 Å². The summed E-state index contributed by atoms with van der Waals surface area (Å²) in [5, 5.41) is 7.87. The molecule has 0 atom stereocenters. The number of aromatic nitrogens is 2. The van der Waals surface area contributed by atoms with Crippen LogP contribution in [-0.4, -0.2) is 54.1 Å². The molecule has 5 heterocycles. The Hall–Kier alpha value is -2.69. The molecule has 1 fully saturated rings. The SMILES string of the molecule is CNC(=O)N1CCc2c(c(N3CCCc4cc(-c5ccc(Cl)s5)c(C(F)F)cc43)nn2C2CCOCC2)C1. The molecule has 3 aliphatic heterocycles. The number of thiophene rings is 1. The zero-order chi connectivity index (χ0) is 26.4. The zero-order valence-electron chi connectivity index (χ0n) is 21.2. The van der Waals surface area contributed by atoms with E-state index in [4.69, 9.17) is 21.4 Å². The standard InChI is InChI=1S/C27H30ClF2N5O2S/c1-31-27(36)33-10-6-21-20(15-33)26(32-35(21)17-7-11-37-12-8-17)34-9-2-3-16-13-18(23-4-5-24(28)38-23)19(25(29)30)14-22(16)34/h4-5,13-14,17,25H,2-3,6-12,15H2,1H3,(H,31,36). The molecule has 7 nitrogen and oxygen atoms in total. The van der Waals surface area contributed by atoms with Crippen LogP contribution in [0.4, 0.5) is 25.1 Å². The third-order valence-electron chi connectivity index (χ3n) is 7.80. The molecule has 3 aromatic rings. The fourth-order valence-corrected chi connectivity index (χ4v) is 7.01. The third-order valence-corrected chi connectivity index (χ3v) is 9.07. The summed E-state index contributed by atoms with van der Waals surface area (Å²) in [4.78, 5) is 17.2. The van der Waals surface area contributed by atoms with Gasteiger partial charge in [0.15, 0.2) is 5.82 Å². The molecule has 0 radical (unpaired) electrons. The van der Waals surface area contributed by atoms with E-state index in [9.17, 15) is 13.6 Å². The van der Waals surface area contributed by atoms with Crippen molar-refractivity contribution in [1.82, 2.24) is 20.0 Å². The predicted molar refractivity (Wildman–Crippen MR) is 145 cm³/mol. The van der Waals surface area contributed by atoms with Crippen LogP contribution in [0.1, 0.15) is 54.1 Å². The summed E-state index contributed by atoms with van der Waals surface area (Å²) in [6.45, 7) is 3.11. The Morgan fingerprint density at radius 1 is 1.21 bits per heavy atom. The molecule has 6 rings (SSSR count). The van der Waals surface area contributed by atoms with Crippen molar-refractivity contribution in [3.63, 3.8) is 0 Å². The molecule has 11 heteroatoms. The molecule has 0 saturated carbocycles. The number of alkyl halides is 2. The number of aryl methyl sites for hydroxylation is 1. The van der Waals surface area contributed by atoms with E-state index in [0.717, 1.165) is 58.9 Å². The molecule has 0 spiro atoms. The molecule has 1 saturated heterocycles. The Labute approximate surface area is 229 Å². The van der Waals surface area contributed by atoms with Gasteiger partial charge in [0.25, 0.3) is 6.43 Å². The van der Waals surface area contributed by atoms with Gasteiger partial charge in [-0.05, 0) is 55.5 Å². The van der Waals surface area contributed by atoms with Crippen molar-refractivity contribution in [3.05, 3.63) is 51.0 Å². The lowest BCUT2D eigenvalue weighted by atomic mass is 9.94. The summed E-state index contributed by atoms with van der Waals surface area (Å²) < 4.78 is 37.1. The molecule has 2 amide bonds. The number of amides is 2. The second kappa shape index (κ2) is 10.5. The maximum absolute atomic E-state index is 14.4. The number of hydrogen-bond donors (Lipinski definition) is 1. The van der Waals surface area contributed by atoms with Crippen LogP contribution in [0.3, 0.4) is 0 Å². The highest BCUT2D eigenvalue weighted by Crippen LogP contribution is 2.45. The summed E-state index contributed by atoms with van der Waals surface area (Å²) in [5.74, 6) is 0.771. The van der Waals surface area contributed by atoms with Gasteiger partial charge in [0, 0.05) is 72.7 Å². The Balaban J connectivity index is 1.46. The van der Waals surface area contributed by atoms with E-state index >= 15 is 0 Å². The summed E-state index contributed by atoms with van der Waals surface area (Å²) in [6.07, 6.45) is 1.52. The summed E-state index contributed by atoms with van der Waals surface area (Å²) >= 11 is 7.45. The minimum absolute atomic E-state index is 0.00103. The smallest absolute Gasteiger partial charge is 0.317 e. The number of urea groups is 1.